The van der Waals surface area contributed by atoms with Gasteiger partial charge in [-0.3, -0.25) is 19.2 Å². The van der Waals surface area contributed by atoms with E-state index in [-0.39, 0.29) is 6.61 Å². The second kappa shape index (κ2) is 11.2. The molecular weight excluding hydrogens is 459 g/mol. The maximum Gasteiger partial charge on any atom is 0.303 e. The molecule has 1 aliphatic rings. The summed E-state index contributed by atoms with van der Waals surface area (Å²) in [5.41, 5.74) is 0. The van der Waals surface area contributed by atoms with Crippen molar-refractivity contribution in [2.24, 2.45) is 0 Å². The standard InChI is InChI=1S/C16H21Cl3O10/c1-7(20)24-5-11-12(26-8(2)21)13(27-9(3)22)14(28-10(4)23)15(29-11)25-6-16(17,18)19/h11-15H,5-6H2,1-4H3/t11-,12+,13+,14-,15-/m1/s1. The van der Waals surface area contributed by atoms with Crippen molar-refractivity contribution in [1.29, 1.82) is 0 Å². The molecule has 0 aromatic carbocycles. The van der Waals surface area contributed by atoms with Crippen molar-refractivity contribution in [2.45, 2.75) is 62.2 Å². The summed E-state index contributed by atoms with van der Waals surface area (Å²) in [5, 5.41) is 0. The van der Waals surface area contributed by atoms with Gasteiger partial charge in [0.15, 0.2) is 24.6 Å². The van der Waals surface area contributed by atoms with Gasteiger partial charge >= 0.3 is 23.9 Å². The third-order valence-corrected chi connectivity index (χ3v) is 3.69. The zero-order chi connectivity index (χ0) is 22.4. The predicted octanol–water partition coefficient (Wildman–Crippen LogP) is 1.46. The lowest BCUT2D eigenvalue weighted by molar-refractivity contribution is -0.307. The minimum absolute atomic E-state index is 0.383. The third-order valence-electron chi connectivity index (χ3n) is 3.36. The highest BCUT2D eigenvalue weighted by atomic mass is 35.6. The fraction of sp³-hybridized carbons (Fsp3) is 0.750. The van der Waals surface area contributed by atoms with Crippen LogP contribution < -0.4 is 0 Å². The second-order valence-corrected chi connectivity index (χ2v) is 8.51. The van der Waals surface area contributed by atoms with Crippen LogP contribution in [0.3, 0.4) is 0 Å². The number of carbonyl (C=O) groups is 4. The minimum Gasteiger partial charge on any atom is -0.463 e. The Morgan fingerprint density at radius 1 is 0.793 bits per heavy atom. The average molecular weight is 480 g/mol. The molecule has 0 bridgehead atoms. The van der Waals surface area contributed by atoms with Gasteiger partial charge in [-0.15, -0.1) is 0 Å². The molecule has 1 fully saturated rings. The Bertz CT molecular complexity index is 621. The first-order chi connectivity index (χ1) is 13.3. The normalized spacial score (nSPS) is 26.9. The maximum absolute atomic E-state index is 11.6. The smallest absolute Gasteiger partial charge is 0.303 e. The molecule has 0 amide bonds. The number of alkyl halides is 3. The van der Waals surface area contributed by atoms with Gasteiger partial charge < -0.3 is 28.4 Å². The summed E-state index contributed by atoms with van der Waals surface area (Å²) >= 11 is 17.0. The highest BCUT2D eigenvalue weighted by Crippen LogP contribution is 2.32. The van der Waals surface area contributed by atoms with Crippen molar-refractivity contribution in [3.05, 3.63) is 0 Å². The Morgan fingerprint density at radius 3 is 1.72 bits per heavy atom. The summed E-state index contributed by atoms with van der Waals surface area (Å²) < 4.78 is 29.7. The lowest BCUT2D eigenvalue weighted by Gasteiger charge is -2.44. The van der Waals surface area contributed by atoms with Crippen LogP contribution in [0.1, 0.15) is 27.7 Å². The zero-order valence-electron chi connectivity index (χ0n) is 16.0. The molecule has 0 spiro atoms. The van der Waals surface area contributed by atoms with Crippen LogP contribution >= 0.6 is 34.8 Å². The summed E-state index contributed by atoms with van der Waals surface area (Å²) in [7, 11) is 0. The van der Waals surface area contributed by atoms with E-state index in [1.165, 1.54) is 0 Å². The van der Waals surface area contributed by atoms with Crippen molar-refractivity contribution >= 4 is 58.7 Å². The van der Waals surface area contributed by atoms with Gasteiger partial charge in [0.2, 0.25) is 3.79 Å². The van der Waals surface area contributed by atoms with Crippen LogP contribution in [-0.2, 0) is 47.6 Å². The average Bonchev–Trinajstić information content (AvgIpc) is 2.53. The van der Waals surface area contributed by atoms with Crippen LogP contribution in [0.15, 0.2) is 0 Å². The van der Waals surface area contributed by atoms with E-state index >= 15 is 0 Å². The van der Waals surface area contributed by atoms with E-state index in [0.717, 1.165) is 27.7 Å². The maximum atomic E-state index is 11.6. The number of rotatable bonds is 7. The van der Waals surface area contributed by atoms with E-state index in [9.17, 15) is 19.2 Å². The Kier molecular flexibility index (Phi) is 9.90. The lowest BCUT2D eigenvalue weighted by Crippen LogP contribution is -2.63. The quantitative estimate of drug-likeness (QED) is 0.301. The van der Waals surface area contributed by atoms with Crippen molar-refractivity contribution in [3.63, 3.8) is 0 Å². The molecule has 0 radical (unpaired) electrons. The van der Waals surface area contributed by atoms with Gasteiger partial charge in [0.05, 0.1) is 6.61 Å². The molecule has 1 heterocycles. The van der Waals surface area contributed by atoms with E-state index in [1.807, 2.05) is 0 Å². The van der Waals surface area contributed by atoms with E-state index in [2.05, 4.69) is 0 Å². The molecule has 0 saturated carbocycles. The zero-order valence-corrected chi connectivity index (χ0v) is 18.3. The molecule has 1 saturated heterocycles. The molecule has 0 aromatic heterocycles. The third kappa shape index (κ3) is 9.35. The van der Waals surface area contributed by atoms with Gasteiger partial charge in [0, 0.05) is 27.7 Å². The van der Waals surface area contributed by atoms with Crippen LogP contribution in [-0.4, -0.2) is 71.6 Å². The van der Waals surface area contributed by atoms with Gasteiger partial charge in [0.1, 0.15) is 12.7 Å². The number of halogens is 3. The number of hydrogen-bond donors (Lipinski definition) is 0. The Hall–Kier alpha value is -1.33. The molecule has 0 N–H and O–H groups in total. The molecule has 5 atom stereocenters. The highest BCUT2D eigenvalue weighted by Gasteiger charge is 2.53. The van der Waals surface area contributed by atoms with Crippen LogP contribution in [0.2, 0.25) is 0 Å². The molecule has 1 aliphatic heterocycles. The van der Waals surface area contributed by atoms with E-state index in [1.54, 1.807) is 0 Å². The summed E-state index contributed by atoms with van der Waals surface area (Å²) in [5.74, 6) is -2.92. The molecule has 0 aromatic rings. The number of esters is 4. The molecular formula is C16H21Cl3O10. The molecule has 13 heteroatoms. The van der Waals surface area contributed by atoms with Crippen LogP contribution in [0.5, 0.6) is 0 Å². The summed E-state index contributed by atoms with van der Waals surface area (Å²) in [4.78, 5) is 46.0. The van der Waals surface area contributed by atoms with Crippen LogP contribution in [0, 0.1) is 0 Å². The fourth-order valence-corrected chi connectivity index (χ4v) is 2.69. The Morgan fingerprint density at radius 2 is 1.28 bits per heavy atom. The van der Waals surface area contributed by atoms with Crippen molar-refractivity contribution in [1.82, 2.24) is 0 Å². The van der Waals surface area contributed by atoms with Gasteiger partial charge in [-0.25, -0.2) is 0 Å². The highest BCUT2D eigenvalue weighted by molar-refractivity contribution is 6.67. The summed E-state index contributed by atoms with van der Waals surface area (Å²) in [6.45, 7) is 3.61. The number of carbonyl (C=O) groups excluding carboxylic acids is 4. The second-order valence-electron chi connectivity index (χ2n) is 5.99. The summed E-state index contributed by atoms with van der Waals surface area (Å²) in [6, 6.07) is 0. The SMILES string of the molecule is CC(=O)OC[C@H]1O[C@@H](OCC(Cl)(Cl)Cl)[C@H](OC(C)=O)[C@@H](OC(C)=O)[C@H]1OC(C)=O. The van der Waals surface area contributed by atoms with E-state index in [4.69, 9.17) is 63.2 Å². The molecule has 10 nitrogen and oxygen atoms in total. The molecule has 166 valence electrons. The van der Waals surface area contributed by atoms with E-state index in [0.29, 0.717) is 0 Å². The van der Waals surface area contributed by atoms with Crippen molar-refractivity contribution < 1.29 is 47.6 Å². The largest absolute Gasteiger partial charge is 0.463 e. The van der Waals surface area contributed by atoms with E-state index < -0.39 is 65.0 Å². The van der Waals surface area contributed by atoms with Gasteiger partial charge in [-0.2, -0.15) is 0 Å². The number of ether oxygens (including phenoxy) is 6. The number of hydrogen-bond acceptors (Lipinski definition) is 10. The van der Waals surface area contributed by atoms with Crippen LogP contribution in [0.4, 0.5) is 0 Å². The van der Waals surface area contributed by atoms with Gasteiger partial charge in [-0.05, 0) is 0 Å². The van der Waals surface area contributed by atoms with Gasteiger partial charge in [0.25, 0.3) is 0 Å². The monoisotopic (exact) mass is 478 g/mol. The first kappa shape index (κ1) is 25.7. The summed E-state index contributed by atoms with van der Waals surface area (Å²) in [6.07, 6.45) is -6.55. The van der Waals surface area contributed by atoms with Gasteiger partial charge in [-0.1, -0.05) is 34.8 Å². The molecule has 0 aliphatic carbocycles. The molecule has 0 unspecified atom stereocenters. The first-order valence-corrected chi connectivity index (χ1v) is 9.42. The topological polar surface area (TPSA) is 124 Å². The molecule has 1 rings (SSSR count). The Balaban J connectivity index is 3.28. The fourth-order valence-electron chi connectivity index (χ4n) is 2.50. The van der Waals surface area contributed by atoms with Crippen molar-refractivity contribution in [2.75, 3.05) is 13.2 Å². The minimum atomic E-state index is -1.83. The van der Waals surface area contributed by atoms with Crippen LogP contribution in [0.25, 0.3) is 0 Å². The first-order valence-electron chi connectivity index (χ1n) is 8.29. The van der Waals surface area contributed by atoms with Crippen molar-refractivity contribution in [3.8, 4) is 0 Å². The lowest BCUT2D eigenvalue weighted by atomic mass is 9.98. The molecule has 29 heavy (non-hydrogen) atoms. The Labute approximate surface area is 181 Å². The predicted molar refractivity (Wildman–Crippen MR) is 98.2 cm³/mol.